The van der Waals surface area contributed by atoms with Crippen molar-refractivity contribution < 1.29 is 9.90 Å². The fourth-order valence-electron chi connectivity index (χ4n) is 1.30. The number of aliphatic hydroxyl groups is 1. The van der Waals surface area contributed by atoms with Gasteiger partial charge < -0.3 is 5.11 Å². The molecule has 3 nitrogen and oxygen atoms in total. The fourth-order valence-corrected chi connectivity index (χ4v) is 1.83. The smallest absolute Gasteiger partial charge is 0.173 e. The van der Waals surface area contributed by atoms with Gasteiger partial charge in [0.15, 0.2) is 5.78 Å². The second-order valence-corrected chi connectivity index (χ2v) is 4.18. The summed E-state index contributed by atoms with van der Waals surface area (Å²) in [5, 5.41) is 19.2. The van der Waals surface area contributed by atoms with Crippen molar-refractivity contribution in [1.29, 1.82) is 5.26 Å². The first-order valence-corrected chi connectivity index (χ1v) is 5.49. The lowest BCUT2D eigenvalue weighted by Gasteiger charge is -2.07. The molecule has 0 fully saturated rings. The van der Waals surface area contributed by atoms with Crippen LogP contribution < -0.4 is 0 Å². The number of nitriles is 1. The number of ketones is 1. The number of hydrogen-bond donors (Lipinski definition) is 1. The average molecular weight is 270 g/mol. The lowest BCUT2D eigenvalue weighted by atomic mass is 10.1. The Hall–Kier alpha value is -1.50. The highest BCUT2D eigenvalue weighted by Gasteiger charge is 2.14. The number of hydrogen-bond acceptors (Lipinski definition) is 3. The quantitative estimate of drug-likeness (QED) is 0.519. The molecule has 0 saturated heterocycles. The van der Waals surface area contributed by atoms with Gasteiger partial charge in [-0.15, -0.1) is 0 Å². The van der Waals surface area contributed by atoms with Gasteiger partial charge in [-0.25, -0.2) is 0 Å². The van der Waals surface area contributed by atoms with Crippen LogP contribution in [0.3, 0.4) is 0 Å². The Morgan fingerprint density at radius 2 is 1.94 bits per heavy atom. The van der Waals surface area contributed by atoms with E-state index in [9.17, 15) is 9.90 Å². The lowest BCUT2D eigenvalue weighted by molar-refractivity contribution is -0.113. The zero-order valence-electron chi connectivity index (χ0n) is 9.00. The largest absolute Gasteiger partial charge is 0.510 e. The van der Waals surface area contributed by atoms with Gasteiger partial charge in [0.1, 0.15) is 17.4 Å². The minimum absolute atomic E-state index is 0.0407. The first-order valence-electron chi connectivity index (χ1n) is 4.73. The molecular formula is C12H9Cl2NO2. The van der Waals surface area contributed by atoms with Gasteiger partial charge in [0.05, 0.1) is 0 Å². The molecule has 1 N–H and O–H groups in total. The first-order chi connectivity index (χ1) is 7.97. The van der Waals surface area contributed by atoms with E-state index in [1.165, 1.54) is 6.92 Å². The van der Waals surface area contributed by atoms with E-state index in [-0.39, 0.29) is 17.8 Å². The van der Waals surface area contributed by atoms with Crippen LogP contribution in [0.5, 0.6) is 0 Å². The molecule has 0 amide bonds. The molecule has 0 bridgehead atoms. The number of carbonyl (C=O) groups is 1. The van der Waals surface area contributed by atoms with Gasteiger partial charge in [-0.3, -0.25) is 4.79 Å². The van der Waals surface area contributed by atoms with Crippen molar-refractivity contribution in [1.82, 2.24) is 0 Å². The second kappa shape index (κ2) is 5.72. The highest BCUT2D eigenvalue weighted by Crippen LogP contribution is 2.26. The Morgan fingerprint density at radius 3 is 2.35 bits per heavy atom. The van der Waals surface area contributed by atoms with E-state index in [1.807, 2.05) is 0 Å². The zero-order chi connectivity index (χ0) is 13.0. The van der Waals surface area contributed by atoms with Gasteiger partial charge >= 0.3 is 0 Å². The Labute approximate surface area is 109 Å². The van der Waals surface area contributed by atoms with Crippen LogP contribution >= 0.6 is 23.2 Å². The highest BCUT2D eigenvalue weighted by molar-refractivity contribution is 6.36. The molecule has 0 aliphatic carbocycles. The number of nitrogens with zero attached hydrogens (tertiary/aromatic N) is 1. The van der Waals surface area contributed by atoms with E-state index in [4.69, 9.17) is 28.5 Å². The molecule has 88 valence electrons. The third kappa shape index (κ3) is 3.23. The minimum Gasteiger partial charge on any atom is -0.510 e. The third-order valence-corrected chi connectivity index (χ3v) is 2.87. The summed E-state index contributed by atoms with van der Waals surface area (Å²) in [6, 6.07) is 6.57. The summed E-state index contributed by atoms with van der Waals surface area (Å²) < 4.78 is 0. The van der Waals surface area contributed by atoms with Crippen LogP contribution in [-0.2, 0) is 11.2 Å². The number of carbonyl (C=O) groups excluding carboxylic acids is 1. The monoisotopic (exact) mass is 269 g/mol. The van der Waals surface area contributed by atoms with E-state index in [0.717, 1.165) is 0 Å². The number of Topliss-reactive ketones (excluding diaryl/α,β-unsaturated/α-hetero) is 1. The molecule has 0 heterocycles. The van der Waals surface area contributed by atoms with Gasteiger partial charge in [0, 0.05) is 16.5 Å². The maximum Gasteiger partial charge on any atom is 0.173 e. The van der Waals surface area contributed by atoms with Crippen molar-refractivity contribution in [3.63, 3.8) is 0 Å². The molecule has 1 aromatic carbocycles. The minimum atomic E-state index is -0.492. The molecule has 0 aliphatic rings. The van der Waals surface area contributed by atoms with E-state index in [1.54, 1.807) is 24.3 Å². The molecule has 0 unspecified atom stereocenters. The van der Waals surface area contributed by atoms with Gasteiger partial charge in [-0.1, -0.05) is 29.3 Å². The molecule has 17 heavy (non-hydrogen) atoms. The molecule has 0 radical (unpaired) electrons. The van der Waals surface area contributed by atoms with Crippen molar-refractivity contribution in [3.8, 4) is 6.07 Å². The Morgan fingerprint density at radius 1 is 1.41 bits per heavy atom. The lowest BCUT2D eigenvalue weighted by Crippen LogP contribution is -2.02. The molecule has 0 aromatic heterocycles. The first kappa shape index (κ1) is 13.6. The molecule has 1 aromatic rings. The van der Waals surface area contributed by atoms with Crippen LogP contribution in [0.4, 0.5) is 0 Å². The number of benzene rings is 1. The SMILES string of the molecule is CC(=O)C(C#N)=C(O)Cc1c(Cl)cccc1Cl. The summed E-state index contributed by atoms with van der Waals surface area (Å²) in [5.74, 6) is -0.817. The maximum atomic E-state index is 11.1. The molecular weight excluding hydrogens is 261 g/mol. The van der Waals surface area contributed by atoms with E-state index in [0.29, 0.717) is 15.6 Å². The molecule has 0 aliphatic heterocycles. The Kier molecular flexibility index (Phi) is 4.56. The van der Waals surface area contributed by atoms with Crippen molar-refractivity contribution >= 4 is 29.0 Å². The van der Waals surface area contributed by atoms with Crippen LogP contribution in [0, 0.1) is 11.3 Å². The van der Waals surface area contributed by atoms with Gasteiger partial charge in [0.2, 0.25) is 0 Å². The number of allylic oxidation sites excluding steroid dienone is 2. The maximum absolute atomic E-state index is 11.1. The van der Waals surface area contributed by atoms with Crippen LogP contribution in [0.25, 0.3) is 0 Å². The highest BCUT2D eigenvalue weighted by atomic mass is 35.5. The Balaban J connectivity index is 3.16. The van der Waals surface area contributed by atoms with Crippen molar-refractivity contribution in [2.75, 3.05) is 0 Å². The Bertz CT molecular complexity index is 510. The average Bonchev–Trinajstić information content (AvgIpc) is 2.24. The van der Waals surface area contributed by atoms with E-state index in [2.05, 4.69) is 0 Å². The van der Waals surface area contributed by atoms with Crippen LogP contribution in [0.15, 0.2) is 29.5 Å². The van der Waals surface area contributed by atoms with Gasteiger partial charge in [-0.05, 0) is 24.6 Å². The number of halogens is 2. The zero-order valence-corrected chi connectivity index (χ0v) is 10.5. The third-order valence-electron chi connectivity index (χ3n) is 2.16. The molecule has 0 saturated carbocycles. The number of rotatable bonds is 3. The normalized spacial score (nSPS) is 11.6. The van der Waals surface area contributed by atoms with Crippen molar-refractivity contribution in [2.45, 2.75) is 13.3 Å². The van der Waals surface area contributed by atoms with Crippen molar-refractivity contribution in [2.24, 2.45) is 0 Å². The molecule has 0 spiro atoms. The predicted octanol–water partition coefficient (Wildman–Crippen LogP) is 3.46. The van der Waals surface area contributed by atoms with Crippen LogP contribution in [0.2, 0.25) is 10.0 Å². The predicted molar refractivity (Wildman–Crippen MR) is 66.1 cm³/mol. The van der Waals surface area contributed by atoms with Crippen LogP contribution in [-0.4, -0.2) is 10.9 Å². The topological polar surface area (TPSA) is 61.1 Å². The fraction of sp³-hybridized carbons (Fsp3) is 0.167. The van der Waals surface area contributed by atoms with Crippen LogP contribution in [0.1, 0.15) is 12.5 Å². The van der Waals surface area contributed by atoms with E-state index < -0.39 is 5.78 Å². The van der Waals surface area contributed by atoms with E-state index >= 15 is 0 Å². The summed E-state index contributed by atoms with van der Waals surface area (Å²) in [7, 11) is 0. The second-order valence-electron chi connectivity index (χ2n) is 3.37. The number of aliphatic hydroxyl groups excluding tert-OH is 1. The molecule has 5 heteroatoms. The molecule has 0 atom stereocenters. The van der Waals surface area contributed by atoms with Gasteiger partial charge in [-0.2, -0.15) is 5.26 Å². The summed E-state index contributed by atoms with van der Waals surface area (Å²) >= 11 is 11.8. The summed E-state index contributed by atoms with van der Waals surface area (Å²) in [6.07, 6.45) is -0.0407. The summed E-state index contributed by atoms with van der Waals surface area (Å²) in [5.41, 5.74) is 0.211. The summed E-state index contributed by atoms with van der Waals surface area (Å²) in [6.45, 7) is 1.21. The van der Waals surface area contributed by atoms with Gasteiger partial charge in [0.25, 0.3) is 0 Å². The summed E-state index contributed by atoms with van der Waals surface area (Å²) in [4.78, 5) is 11.1. The standard InChI is InChI=1S/C12H9Cl2NO2/c1-7(16)9(6-15)12(17)5-8-10(13)3-2-4-11(8)14/h2-4,17H,5H2,1H3. The van der Waals surface area contributed by atoms with Crippen molar-refractivity contribution in [3.05, 3.63) is 45.1 Å². The molecule has 1 rings (SSSR count).